The molecule has 3 aliphatic rings. The fourth-order valence-corrected chi connectivity index (χ4v) is 6.71. The second kappa shape index (κ2) is 10.8. The number of benzene rings is 2. The van der Waals surface area contributed by atoms with E-state index in [1.807, 2.05) is 6.08 Å². The van der Waals surface area contributed by atoms with Crippen molar-refractivity contribution in [3.63, 3.8) is 0 Å². The quantitative estimate of drug-likeness (QED) is 0.206. The molecule has 0 amide bonds. The minimum atomic E-state index is -4.52. The van der Waals surface area contributed by atoms with E-state index in [0.29, 0.717) is 16.7 Å². The van der Waals surface area contributed by atoms with E-state index >= 15 is 0 Å². The lowest BCUT2D eigenvalue weighted by Gasteiger charge is -2.50. The zero-order valence-electron chi connectivity index (χ0n) is 23.9. The van der Waals surface area contributed by atoms with Crippen molar-refractivity contribution in [1.29, 1.82) is 0 Å². The summed E-state index contributed by atoms with van der Waals surface area (Å²) in [6.45, 7) is -1.69. The molecule has 2 saturated carbocycles. The molecule has 1 N–H and O–H groups in total. The predicted octanol–water partition coefficient (Wildman–Crippen LogP) is 8.55. The summed E-state index contributed by atoms with van der Waals surface area (Å²) in [5.41, 5.74) is 2.03. The minimum absolute atomic E-state index is 0.0155. The maximum absolute atomic E-state index is 13.8. The van der Waals surface area contributed by atoms with Crippen LogP contribution in [-0.4, -0.2) is 40.9 Å². The maximum atomic E-state index is 13.8. The number of piperidine rings is 1. The SMILES string of the molecule is O=C(O)c1cc(OC(F)F)c2cc(N3CCC4(CC3)CC(=Cc3c(-c5ccccc5C(F)(F)F)noc3C3CC3)C4)ccc2n1. The lowest BCUT2D eigenvalue weighted by Crippen LogP contribution is -2.44. The Morgan fingerprint density at radius 3 is 2.49 bits per heavy atom. The summed E-state index contributed by atoms with van der Waals surface area (Å²) in [5, 5.41) is 13.7. The first kappa shape index (κ1) is 29.2. The van der Waals surface area contributed by atoms with Crippen molar-refractivity contribution in [3.05, 3.63) is 76.7 Å². The molecule has 7 rings (SSSR count). The van der Waals surface area contributed by atoms with Crippen LogP contribution in [0.4, 0.5) is 27.6 Å². The molecule has 2 aliphatic carbocycles. The van der Waals surface area contributed by atoms with Gasteiger partial charge in [0, 0.05) is 47.3 Å². The second-order valence-corrected chi connectivity index (χ2v) is 12.2. The van der Waals surface area contributed by atoms with E-state index in [9.17, 15) is 31.9 Å². The lowest BCUT2D eigenvalue weighted by atomic mass is 9.60. The number of anilines is 1. The lowest BCUT2D eigenvalue weighted by molar-refractivity contribution is -0.137. The molecule has 0 radical (unpaired) electrons. The van der Waals surface area contributed by atoms with Gasteiger partial charge in [0.25, 0.3) is 0 Å². The predicted molar refractivity (Wildman–Crippen MR) is 155 cm³/mol. The van der Waals surface area contributed by atoms with Crippen molar-refractivity contribution in [3.8, 4) is 17.0 Å². The van der Waals surface area contributed by atoms with E-state index in [0.717, 1.165) is 75.0 Å². The van der Waals surface area contributed by atoms with E-state index in [1.165, 1.54) is 12.1 Å². The summed E-state index contributed by atoms with van der Waals surface area (Å²) < 4.78 is 78.0. The largest absolute Gasteiger partial charge is 0.477 e. The topological polar surface area (TPSA) is 88.7 Å². The van der Waals surface area contributed by atoms with E-state index in [1.54, 1.807) is 24.3 Å². The number of carboxylic acids is 1. The summed E-state index contributed by atoms with van der Waals surface area (Å²) in [7, 11) is 0. The third-order valence-corrected chi connectivity index (χ3v) is 9.12. The molecule has 1 spiro atoms. The highest BCUT2D eigenvalue weighted by Crippen LogP contribution is 2.54. The van der Waals surface area contributed by atoms with Gasteiger partial charge in [0.15, 0.2) is 5.69 Å². The van der Waals surface area contributed by atoms with Gasteiger partial charge in [-0.25, -0.2) is 9.78 Å². The highest BCUT2D eigenvalue weighted by atomic mass is 19.4. The number of allylic oxidation sites excluding steroid dienone is 1. The first-order chi connectivity index (χ1) is 21.5. The van der Waals surface area contributed by atoms with E-state index in [2.05, 4.69) is 19.8 Å². The molecule has 45 heavy (non-hydrogen) atoms. The van der Waals surface area contributed by atoms with Crippen molar-refractivity contribution in [2.24, 2.45) is 5.41 Å². The number of aromatic carboxylic acids is 1. The maximum Gasteiger partial charge on any atom is 0.417 e. The molecule has 0 unspecified atom stereocenters. The first-order valence-corrected chi connectivity index (χ1v) is 14.7. The Morgan fingerprint density at radius 2 is 1.82 bits per heavy atom. The normalized spacial score (nSPS) is 18.0. The Kier molecular flexibility index (Phi) is 7.05. The molecule has 12 heteroatoms. The molecule has 234 valence electrons. The zero-order chi connectivity index (χ0) is 31.5. The van der Waals surface area contributed by atoms with Gasteiger partial charge in [0.2, 0.25) is 0 Å². The first-order valence-electron chi connectivity index (χ1n) is 14.7. The number of fused-ring (bicyclic) bond motifs is 1. The third kappa shape index (κ3) is 5.62. The average Bonchev–Trinajstić information content (AvgIpc) is 3.75. The van der Waals surface area contributed by atoms with Crippen LogP contribution in [0.3, 0.4) is 0 Å². The van der Waals surface area contributed by atoms with E-state index in [-0.39, 0.29) is 39.6 Å². The number of hydrogen-bond donors (Lipinski definition) is 1. The Morgan fingerprint density at radius 1 is 1.09 bits per heavy atom. The second-order valence-electron chi connectivity index (χ2n) is 12.2. The number of ether oxygens (including phenoxy) is 1. The number of carbonyl (C=O) groups is 1. The molecule has 0 bridgehead atoms. The van der Waals surface area contributed by atoms with Gasteiger partial charge < -0.3 is 19.3 Å². The number of hydrogen-bond acceptors (Lipinski definition) is 6. The number of aromatic nitrogens is 2. The van der Waals surface area contributed by atoms with Crippen molar-refractivity contribution >= 4 is 28.6 Å². The summed E-state index contributed by atoms with van der Waals surface area (Å²) >= 11 is 0. The van der Waals surface area contributed by atoms with Crippen LogP contribution in [0.15, 0.2) is 58.6 Å². The average molecular weight is 626 g/mol. The molecule has 7 nitrogen and oxygen atoms in total. The van der Waals surface area contributed by atoms with Crippen LogP contribution >= 0.6 is 0 Å². The molecule has 3 heterocycles. The van der Waals surface area contributed by atoms with E-state index < -0.39 is 24.3 Å². The van der Waals surface area contributed by atoms with Crippen LogP contribution in [0, 0.1) is 5.41 Å². The third-order valence-electron chi connectivity index (χ3n) is 9.12. The smallest absolute Gasteiger partial charge is 0.417 e. The standard InChI is InChI=1S/C33H28F5N3O4/c34-31(35)44-27-15-26(30(42)43)39-25-8-7-20(14-22(25)27)41-11-9-32(10-12-41)16-18(17-32)13-23-28(40-45-29(23)19-5-6-19)21-3-1-2-4-24(21)33(36,37)38/h1-4,7-8,13-15,19,31H,5-6,9-12,16-17H2,(H,42,43). The molecule has 2 aromatic heterocycles. The highest BCUT2D eigenvalue weighted by molar-refractivity contribution is 5.94. The number of nitrogens with zero attached hydrogens (tertiary/aromatic N) is 3. The van der Waals surface area contributed by atoms with Gasteiger partial charge in [-0.3, -0.25) is 0 Å². The summed E-state index contributed by atoms with van der Waals surface area (Å²) in [6, 6.07) is 11.5. The summed E-state index contributed by atoms with van der Waals surface area (Å²) in [6.07, 6.45) is 2.71. The Balaban J connectivity index is 1.09. The van der Waals surface area contributed by atoms with Crippen LogP contribution in [0.5, 0.6) is 5.75 Å². The Labute approximate surface area is 254 Å². The van der Waals surface area contributed by atoms with Gasteiger partial charge in [-0.15, -0.1) is 0 Å². The fourth-order valence-electron chi connectivity index (χ4n) is 6.71. The molecule has 0 atom stereocenters. The van der Waals surface area contributed by atoms with Gasteiger partial charge in [-0.1, -0.05) is 28.9 Å². The molecule has 1 saturated heterocycles. The van der Waals surface area contributed by atoms with Crippen LogP contribution in [0.25, 0.3) is 28.2 Å². The summed E-state index contributed by atoms with van der Waals surface area (Å²) in [5.74, 6) is -0.756. The monoisotopic (exact) mass is 625 g/mol. The number of rotatable bonds is 7. The van der Waals surface area contributed by atoms with Crippen molar-refractivity contribution in [2.45, 2.75) is 57.2 Å². The molecule has 3 fully saturated rings. The summed E-state index contributed by atoms with van der Waals surface area (Å²) in [4.78, 5) is 17.6. The van der Waals surface area contributed by atoms with Crippen molar-refractivity contribution in [1.82, 2.24) is 10.1 Å². The van der Waals surface area contributed by atoms with Gasteiger partial charge in [0.05, 0.1) is 11.1 Å². The van der Waals surface area contributed by atoms with Gasteiger partial charge >= 0.3 is 18.8 Å². The number of pyridine rings is 1. The Bertz CT molecular complexity index is 1810. The number of halogens is 5. The van der Waals surface area contributed by atoms with Crippen LogP contribution < -0.4 is 9.64 Å². The van der Waals surface area contributed by atoms with Crippen LogP contribution in [0.2, 0.25) is 0 Å². The van der Waals surface area contributed by atoms with Gasteiger partial charge in [-0.2, -0.15) is 22.0 Å². The molecular weight excluding hydrogens is 597 g/mol. The van der Waals surface area contributed by atoms with Crippen molar-refractivity contribution in [2.75, 3.05) is 18.0 Å². The van der Waals surface area contributed by atoms with Gasteiger partial charge in [-0.05, 0) is 74.3 Å². The van der Waals surface area contributed by atoms with E-state index in [4.69, 9.17) is 4.52 Å². The molecular formula is C33H28F5N3O4. The molecule has 4 aromatic rings. The zero-order valence-corrected chi connectivity index (χ0v) is 23.9. The van der Waals surface area contributed by atoms with Crippen molar-refractivity contribution < 1.29 is 41.1 Å². The molecule has 2 aromatic carbocycles. The van der Waals surface area contributed by atoms with Gasteiger partial charge in [0.1, 0.15) is 17.2 Å². The number of alkyl halides is 5. The highest BCUT2D eigenvalue weighted by Gasteiger charge is 2.44. The fraction of sp³-hybridized carbons (Fsp3) is 0.364. The van der Waals surface area contributed by atoms with Crippen LogP contribution in [-0.2, 0) is 6.18 Å². The number of carboxylic acid groups (broad SMARTS) is 1. The minimum Gasteiger partial charge on any atom is -0.477 e. The Hall–Kier alpha value is -4.48. The molecule has 1 aliphatic heterocycles. The van der Waals surface area contributed by atoms with Crippen LogP contribution in [0.1, 0.15) is 71.8 Å².